The molecule has 0 bridgehead atoms. The highest BCUT2D eigenvalue weighted by molar-refractivity contribution is 5.96. The van der Waals surface area contributed by atoms with Gasteiger partial charge >= 0.3 is 0 Å². The van der Waals surface area contributed by atoms with Gasteiger partial charge in [-0.2, -0.15) is 0 Å². The molecular formula is C26H29FN2O3. The fourth-order valence-corrected chi connectivity index (χ4v) is 4.45. The van der Waals surface area contributed by atoms with Gasteiger partial charge in [0.15, 0.2) is 0 Å². The van der Waals surface area contributed by atoms with Crippen LogP contribution in [0.25, 0.3) is 0 Å². The maximum absolute atomic E-state index is 13.4. The molecule has 1 spiro atoms. The van der Waals surface area contributed by atoms with Crippen molar-refractivity contribution in [3.63, 3.8) is 0 Å². The average molecular weight is 437 g/mol. The number of carbonyl (C=O) groups excluding carboxylic acids is 2. The van der Waals surface area contributed by atoms with E-state index in [2.05, 4.69) is 17.5 Å². The third-order valence-electron chi connectivity index (χ3n) is 6.44. The van der Waals surface area contributed by atoms with Crippen molar-refractivity contribution in [3.8, 4) is 5.75 Å². The van der Waals surface area contributed by atoms with Crippen LogP contribution in [0.15, 0.2) is 60.7 Å². The Morgan fingerprint density at radius 1 is 1.09 bits per heavy atom. The van der Waals surface area contributed by atoms with Crippen LogP contribution in [0.4, 0.5) is 4.39 Å². The van der Waals surface area contributed by atoms with Gasteiger partial charge in [-0.1, -0.05) is 36.4 Å². The van der Waals surface area contributed by atoms with E-state index in [1.807, 2.05) is 23.1 Å². The Morgan fingerprint density at radius 2 is 1.91 bits per heavy atom. The summed E-state index contributed by atoms with van der Waals surface area (Å²) in [6, 6.07) is 13.5. The van der Waals surface area contributed by atoms with Crippen LogP contribution in [0.1, 0.15) is 41.6 Å². The number of hydrogen-bond donors (Lipinski definition) is 1. The van der Waals surface area contributed by atoms with Gasteiger partial charge in [0.05, 0.1) is 18.6 Å². The summed E-state index contributed by atoms with van der Waals surface area (Å²) >= 11 is 0. The van der Waals surface area contributed by atoms with Gasteiger partial charge in [-0.15, -0.1) is 0 Å². The molecule has 5 nitrogen and oxygen atoms in total. The van der Waals surface area contributed by atoms with E-state index in [1.54, 1.807) is 18.2 Å². The number of allylic oxidation sites excluding steroid dienone is 1. The number of fused-ring (bicyclic) bond motifs is 1. The van der Waals surface area contributed by atoms with Crippen LogP contribution in [-0.4, -0.2) is 43.0 Å². The first-order valence-electron chi connectivity index (χ1n) is 11.2. The first-order chi connectivity index (χ1) is 15.5. The first-order valence-corrected chi connectivity index (χ1v) is 11.2. The lowest BCUT2D eigenvalue weighted by Gasteiger charge is -2.42. The van der Waals surface area contributed by atoms with Crippen molar-refractivity contribution in [3.05, 3.63) is 77.6 Å². The number of ether oxygens (including phenoxy) is 1. The zero-order chi connectivity index (χ0) is 22.4. The van der Waals surface area contributed by atoms with Gasteiger partial charge in [0, 0.05) is 19.6 Å². The number of para-hydroxylation sites is 1. The van der Waals surface area contributed by atoms with Gasteiger partial charge in [0.1, 0.15) is 11.6 Å². The molecule has 0 saturated carbocycles. The van der Waals surface area contributed by atoms with Crippen LogP contribution < -0.4 is 10.1 Å². The Bertz CT molecular complexity index is 996. The van der Waals surface area contributed by atoms with Gasteiger partial charge in [-0.05, 0) is 60.9 Å². The van der Waals surface area contributed by atoms with Crippen LogP contribution in [0.3, 0.4) is 0 Å². The van der Waals surface area contributed by atoms with Gasteiger partial charge < -0.3 is 15.0 Å². The molecule has 2 aliphatic rings. The highest BCUT2D eigenvalue weighted by atomic mass is 19.1. The van der Waals surface area contributed by atoms with Crippen molar-refractivity contribution in [2.45, 2.75) is 32.1 Å². The first kappa shape index (κ1) is 22.1. The molecule has 32 heavy (non-hydrogen) atoms. The number of likely N-dealkylation sites (tertiary alicyclic amines) is 1. The molecule has 0 radical (unpaired) electrons. The van der Waals surface area contributed by atoms with E-state index in [9.17, 15) is 14.0 Å². The van der Waals surface area contributed by atoms with E-state index < -0.39 is 0 Å². The van der Waals surface area contributed by atoms with E-state index in [-0.39, 0.29) is 29.5 Å². The maximum atomic E-state index is 13.4. The Balaban J connectivity index is 1.41. The summed E-state index contributed by atoms with van der Waals surface area (Å²) in [6.45, 7) is 2.35. The van der Waals surface area contributed by atoms with Gasteiger partial charge in [-0.3, -0.25) is 9.59 Å². The standard InChI is InChI=1S/C26H29FN2O3/c27-21-8-6-7-20(17-21)18-24(30)29-14-12-26(13-15-29)11-4-1-5-16-32-23-10-3-2-9-22(23)25(31)28-19-26/h1-4,6-10,17H,5,11-16,18-19H2,(H,28,31)/b4-1+. The number of nitrogens with zero attached hydrogens (tertiary/aromatic N) is 1. The number of hydrogen-bond acceptors (Lipinski definition) is 3. The Kier molecular flexibility index (Phi) is 6.88. The molecule has 1 fully saturated rings. The van der Waals surface area contributed by atoms with E-state index in [0.29, 0.717) is 43.1 Å². The lowest BCUT2D eigenvalue weighted by atomic mass is 9.75. The smallest absolute Gasteiger partial charge is 0.255 e. The molecule has 2 amide bonds. The second kappa shape index (κ2) is 9.98. The summed E-state index contributed by atoms with van der Waals surface area (Å²) < 4.78 is 19.2. The minimum Gasteiger partial charge on any atom is -0.492 e. The molecule has 0 unspecified atom stereocenters. The molecule has 0 aliphatic carbocycles. The average Bonchev–Trinajstić information content (AvgIpc) is 2.80. The van der Waals surface area contributed by atoms with Crippen molar-refractivity contribution in [1.29, 1.82) is 0 Å². The molecule has 0 aromatic heterocycles. The van der Waals surface area contributed by atoms with Crippen LogP contribution in [0, 0.1) is 11.2 Å². The van der Waals surface area contributed by atoms with Crippen LogP contribution in [0.5, 0.6) is 5.75 Å². The van der Waals surface area contributed by atoms with Crippen molar-refractivity contribution in [1.82, 2.24) is 10.2 Å². The summed E-state index contributed by atoms with van der Waals surface area (Å²) in [5.41, 5.74) is 1.16. The van der Waals surface area contributed by atoms with Gasteiger partial charge in [-0.25, -0.2) is 4.39 Å². The number of benzene rings is 2. The molecule has 1 saturated heterocycles. The number of amides is 2. The largest absolute Gasteiger partial charge is 0.492 e. The lowest BCUT2D eigenvalue weighted by molar-refractivity contribution is -0.132. The normalized spacial score (nSPS) is 19.7. The SMILES string of the molecule is O=C1NCC2(C/C=C/CCOc3ccccc31)CCN(C(=O)Cc1cccc(F)c1)CC2. The van der Waals surface area contributed by atoms with Crippen molar-refractivity contribution in [2.75, 3.05) is 26.2 Å². The lowest BCUT2D eigenvalue weighted by Crippen LogP contribution is -2.48. The van der Waals surface area contributed by atoms with E-state index in [0.717, 1.165) is 25.7 Å². The minimum atomic E-state index is -0.323. The number of carbonyl (C=O) groups is 2. The summed E-state index contributed by atoms with van der Waals surface area (Å²) in [4.78, 5) is 27.5. The summed E-state index contributed by atoms with van der Waals surface area (Å²) in [5, 5.41) is 3.11. The third-order valence-corrected chi connectivity index (χ3v) is 6.44. The van der Waals surface area contributed by atoms with E-state index >= 15 is 0 Å². The van der Waals surface area contributed by atoms with Crippen molar-refractivity contribution < 1.29 is 18.7 Å². The van der Waals surface area contributed by atoms with Crippen molar-refractivity contribution >= 4 is 11.8 Å². The topological polar surface area (TPSA) is 58.6 Å². The van der Waals surface area contributed by atoms with E-state index in [1.165, 1.54) is 12.1 Å². The summed E-state index contributed by atoms with van der Waals surface area (Å²) in [6.07, 6.45) is 7.77. The van der Waals surface area contributed by atoms with Crippen LogP contribution in [-0.2, 0) is 11.2 Å². The minimum absolute atomic E-state index is 0.0178. The Labute approximate surface area is 188 Å². The van der Waals surface area contributed by atoms with Crippen LogP contribution in [0.2, 0.25) is 0 Å². The van der Waals surface area contributed by atoms with Gasteiger partial charge in [0.2, 0.25) is 5.91 Å². The maximum Gasteiger partial charge on any atom is 0.255 e. The predicted molar refractivity (Wildman–Crippen MR) is 121 cm³/mol. The highest BCUT2D eigenvalue weighted by Crippen LogP contribution is 2.35. The molecule has 2 heterocycles. The van der Waals surface area contributed by atoms with Crippen molar-refractivity contribution in [2.24, 2.45) is 5.41 Å². The molecule has 2 aliphatic heterocycles. The fourth-order valence-electron chi connectivity index (χ4n) is 4.45. The zero-order valence-corrected chi connectivity index (χ0v) is 18.2. The fraction of sp³-hybridized carbons (Fsp3) is 0.385. The second-order valence-corrected chi connectivity index (χ2v) is 8.68. The zero-order valence-electron chi connectivity index (χ0n) is 18.2. The summed E-state index contributed by atoms with van der Waals surface area (Å²) in [7, 11) is 0. The summed E-state index contributed by atoms with van der Waals surface area (Å²) in [5.74, 6) is 0.166. The van der Waals surface area contributed by atoms with Crippen LogP contribution >= 0.6 is 0 Å². The highest BCUT2D eigenvalue weighted by Gasteiger charge is 2.35. The molecule has 2 aromatic rings. The van der Waals surface area contributed by atoms with Gasteiger partial charge in [0.25, 0.3) is 5.91 Å². The molecule has 6 heteroatoms. The number of rotatable bonds is 2. The molecule has 2 aromatic carbocycles. The molecule has 0 atom stereocenters. The quantitative estimate of drug-likeness (QED) is 0.720. The number of halogens is 1. The predicted octanol–water partition coefficient (Wildman–Crippen LogP) is 4.14. The molecule has 1 N–H and O–H groups in total. The second-order valence-electron chi connectivity index (χ2n) is 8.68. The molecular weight excluding hydrogens is 407 g/mol. The number of nitrogens with one attached hydrogen (secondary N) is 1. The Hall–Kier alpha value is -3.15. The Morgan fingerprint density at radius 3 is 2.72 bits per heavy atom. The monoisotopic (exact) mass is 436 g/mol. The number of piperidine rings is 1. The van der Waals surface area contributed by atoms with E-state index in [4.69, 9.17) is 4.74 Å². The molecule has 4 rings (SSSR count). The third kappa shape index (κ3) is 5.36. The molecule has 168 valence electrons.